The zero-order chi connectivity index (χ0) is 17.9. The van der Waals surface area contributed by atoms with Crippen molar-refractivity contribution < 1.29 is 4.79 Å². The van der Waals surface area contributed by atoms with Crippen molar-refractivity contribution >= 4 is 17.5 Å². The summed E-state index contributed by atoms with van der Waals surface area (Å²) in [5.74, 6) is 0.999. The van der Waals surface area contributed by atoms with E-state index in [0.717, 1.165) is 37.4 Å². The van der Waals surface area contributed by atoms with Gasteiger partial charge in [0.05, 0.1) is 11.9 Å². The maximum atomic E-state index is 12.8. The van der Waals surface area contributed by atoms with Gasteiger partial charge in [0, 0.05) is 25.7 Å². The molecule has 0 atom stereocenters. The number of aryl methyl sites for hydroxylation is 1. The Hall–Kier alpha value is -2.56. The highest BCUT2D eigenvalue weighted by molar-refractivity contribution is 5.89. The van der Waals surface area contributed by atoms with E-state index in [1.165, 1.54) is 24.0 Å². The van der Waals surface area contributed by atoms with E-state index in [0.29, 0.717) is 12.6 Å². The highest BCUT2D eigenvalue weighted by Crippen LogP contribution is 2.29. The number of benzene rings is 1. The number of carbonyl (C=O) groups is 1. The molecule has 1 aromatic carbocycles. The van der Waals surface area contributed by atoms with Crippen LogP contribution in [-0.4, -0.2) is 35.0 Å². The van der Waals surface area contributed by atoms with Gasteiger partial charge < -0.3 is 15.1 Å². The van der Waals surface area contributed by atoms with Crippen molar-refractivity contribution in [3.63, 3.8) is 0 Å². The summed E-state index contributed by atoms with van der Waals surface area (Å²) in [4.78, 5) is 21.6. The number of hydrogen-bond acceptors (Lipinski definition) is 3. The van der Waals surface area contributed by atoms with E-state index in [-0.39, 0.29) is 6.03 Å². The number of hydrogen-bond donors (Lipinski definition) is 1. The summed E-state index contributed by atoms with van der Waals surface area (Å²) in [7, 11) is 0. The second-order valence-corrected chi connectivity index (χ2v) is 7.38. The molecule has 5 nitrogen and oxygen atoms in total. The van der Waals surface area contributed by atoms with Crippen LogP contribution >= 0.6 is 0 Å². The van der Waals surface area contributed by atoms with Gasteiger partial charge in [0.25, 0.3) is 0 Å². The lowest BCUT2D eigenvalue weighted by molar-refractivity contribution is 0.206. The molecule has 2 aromatic rings. The summed E-state index contributed by atoms with van der Waals surface area (Å²) in [6.07, 6.45) is 6.41. The molecule has 1 saturated carbocycles. The summed E-state index contributed by atoms with van der Waals surface area (Å²) in [6.45, 7) is 4.88. The summed E-state index contributed by atoms with van der Waals surface area (Å²) in [5.41, 5.74) is 3.16. The fraction of sp³-hybridized carbons (Fsp3) is 0.429. The van der Waals surface area contributed by atoms with Gasteiger partial charge in [-0.2, -0.15) is 0 Å². The van der Waals surface area contributed by atoms with Crippen molar-refractivity contribution in [2.75, 3.05) is 23.3 Å². The van der Waals surface area contributed by atoms with Crippen LogP contribution in [0, 0.1) is 6.92 Å². The molecule has 1 aromatic heterocycles. The molecule has 0 unspecified atom stereocenters. The Kier molecular flexibility index (Phi) is 4.78. The van der Waals surface area contributed by atoms with Gasteiger partial charge in [-0.3, -0.25) is 0 Å². The minimum Gasteiger partial charge on any atom is -0.357 e. The van der Waals surface area contributed by atoms with E-state index in [1.807, 2.05) is 17.0 Å². The Bertz CT molecular complexity index is 764. The van der Waals surface area contributed by atoms with E-state index in [9.17, 15) is 4.79 Å². The van der Waals surface area contributed by atoms with E-state index >= 15 is 0 Å². The number of aromatic nitrogens is 1. The molecule has 1 aliphatic carbocycles. The Morgan fingerprint density at radius 3 is 2.69 bits per heavy atom. The average Bonchev–Trinajstić information content (AvgIpc) is 3.33. The fourth-order valence-electron chi connectivity index (χ4n) is 3.55. The number of pyridine rings is 1. The van der Waals surface area contributed by atoms with Crippen molar-refractivity contribution in [2.24, 2.45) is 0 Å². The highest BCUT2D eigenvalue weighted by atomic mass is 16.2. The van der Waals surface area contributed by atoms with Crippen LogP contribution in [0.2, 0.25) is 0 Å². The first-order chi connectivity index (χ1) is 12.7. The van der Waals surface area contributed by atoms with Crippen molar-refractivity contribution in [1.29, 1.82) is 0 Å². The molecule has 2 amide bonds. The molecule has 26 heavy (non-hydrogen) atoms. The molecule has 0 bridgehead atoms. The molecule has 2 fully saturated rings. The van der Waals surface area contributed by atoms with Gasteiger partial charge >= 0.3 is 6.03 Å². The summed E-state index contributed by atoms with van der Waals surface area (Å²) >= 11 is 0. The van der Waals surface area contributed by atoms with E-state index < -0.39 is 0 Å². The third-order valence-electron chi connectivity index (χ3n) is 5.11. The summed E-state index contributed by atoms with van der Waals surface area (Å²) in [5, 5.41) is 3.02. The van der Waals surface area contributed by atoms with Crippen LogP contribution in [-0.2, 0) is 6.54 Å². The van der Waals surface area contributed by atoms with Gasteiger partial charge in [-0.1, -0.05) is 29.8 Å². The van der Waals surface area contributed by atoms with E-state index in [1.54, 1.807) is 6.20 Å². The van der Waals surface area contributed by atoms with E-state index in [4.69, 9.17) is 0 Å². The van der Waals surface area contributed by atoms with Crippen LogP contribution in [0.4, 0.5) is 16.3 Å². The van der Waals surface area contributed by atoms with Gasteiger partial charge in [0.15, 0.2) is 0 Å². The number of carbonyl (C=O) groups excluding carboxylic acids is 1. The molecule has 1 aliphatic heterocycles. The van der Waals surface area contributed by atoms with Crippen LogP contribution in [0.15, 0.2) is 42.6 Å². The number of nitrogens with one attached hydrogen (secondary N) is 1. The van der Waals surface area contributed by atoms with Crippen molar-refractivity contribution in [3.8, 4) is 0 Å². The van der Waals surface area contributed by atoms with Crippen molar-refractivity contribution in [3.05, 3.63) is 53.7 Å². The third kappa shape index (κ3) is 3.98. The SMILES string of the molecule is Cc1cccc(CN(C(=O)Nc2ccc(N3CCCC3)nc2)C2CC2)c1. The lowest BCUT2D eigenvalue weighted by Gasteiger charge is -2.23. The predicted molar refractivity (Wildman–Crippen MR) is 104 cm³/mol. The first-order valence-corrected chi connectivity index (χ1v) is 9.53. The number of amides is 2. The van der Waals surface area contributed by atoms with Crippen molar-refractivity contribution in [2.45, 2.75) is 45.2 Å². The normalized spacial score (nSPS) is 16.6. The van der Waals surface area contributed by atoms with Crippen LogP contribution in [0.1, 0.15) is 36.8 Å². The predicted octanol–water partition coefficient (Wildman–Crippen LogP) is 4.19. The lowest BCUT2D eigenvalue weighted by Crippen LogP contribution is -2.36. The van der Waals surface area contributed by atoms with E-state index in [2.05, 4.69) is 46.4 Å². The molecular formula is C21H26N4O. The molecule has 0 spiro atoms. The lowest BCUT2D eigenvalue weighted by atomic mass is 10.1. The van der Waals surface area contributed by atoms with Crippen LogP contribution in [0.5, 0.6) is 0 Å². The zero-order valence-corrected chi connectivity index (χ0v) is 15.3. The van der Waals surface area contributed by atoms with Gasteiger partial charge in [-0.05, 0) is 50.3 Å². The first kappa shape index (κ1) is 16.9. The minimum atomic E-state index is -0.0373. The summed E-state index contributed by atoms with van der Waals surface area (Å²) < 4.78 is 0. The van der Waals surface area contributed by atoms with Gasteiger partial charge in [-0.15, -0.1) is 0 Å². The number of nitrogens with zero attached hydrogens (tertiary/aromatic N) is 3. The smallest absolute Gasteiger partial charge is 0.322 e. The third-order valence-corrected chi connectivity index (χ3v) is 5.11. The Morgan fingerprint density at radius 1 is 1.23 bits per heavy atom. The van der Waals surface area contributed by atoms with Gasteiger partial charge in [0.1, 0.15) is 5.82 Å². The molecular weight excluding hydrogens is 324 g/mol. The molecule has 1 saturated heterocycles. The van der Waals surface area contributed by atoms with Crippen LogP contribution in [0.25, 0.3) is 0 Å². The van der Waals surface area contributed by atoms with Gasteiger partial charge in [-0.25, -0.2) is 9.78 Å². The summed E-state index contributed by atoms with van der Waals surface area (Å²) in [6, 6.07) is 12.6. The maximum Gasteiger partial charge on any atom is 0.322 e. The molecule has 0 radical (unpaired) electrons. The molecule has 2 aliphatic rings. The second kappa shape index (κ2) is 7.36. The minimum absolute atomic E-state index is 0.0373. The molecule has 5 heteroatoms. The van der Waals surface area contributed by atoms with Crippen LogP contribution in [0.3, 0.4) is 0 Å². The number of rotatable bonds is 5. The second-order valence-electron chi connectivity index (χ2n) is 7.38. The number of anilines is 2. The Balaban J connectivity index is 1.41. The topological polar surface area (TPSA) is 48.5 Å². The fourth-order valence-corrected chi connectivity index (χ4v) is 3.55. The van der Waals surface area contributed by atoms with Gasteiger partial charge in [0.2, 0.25) is 0 Å². The molecule has 1 N–H and O–H groups in total. The zero-order valence-electron chi connectivity index (χ0n) is 15.3. The molecule has 4 rings (SSSR count). The Morgan fingerprint density at radius 2 is 2.04 bits per heavy atom. The highest BCUT2D eigenvalue weighted by Gasteiger charge is 2.32. The monoisotopic (exact) mass is 350 g/mol. The average molecular weight is 350 g/mol. The maximum absolute atomic E-state index is 12.8. The largest absolute Gasteiger partial charge is 0.357 e. The van der Waals surface area contributed by atoms with Crippen molar-refractivity contribution in [1.82, 2.24) is 9.88 Å². The molecule has 2 heterocycles. The first-order valence-electron chi connectivity index (χ1n) is 9.53. The Labute approximate surface area is 155 Å². The van der Waals surface area contributed by atoms with Crippen LogP contribution < -0.4 is 10.2 Å². The number of urea groups is 1. The standard InChI is InChI=1S/C21H26N4O/c1-16-5-4-6-17(13-16)15-25(19-8-9-19)21(26)23-18-7-10-20(22-14-18)24-11-2-3-12-24/h4-7,10,13-14,19H,2-3,8-9,11-12,15H2,1H3,(H,23,26). The molecule has 136 valence electrons. The quantitative estimate of drug-likeness (QED) is 0.880.